The van der Waals surface area contributed by atoms with Gasteiger partial charge in [0.25, 0.3) is 0 Å². The number of piperidine rings is 1. The second-order valence-electron chi connectivity index (χ2n) is 5.77. The molecule has 1 aromatic carbocycles. The number of aryl methyl sites for hydroxylation is 1. The Morgan fingerprint density at radius 3 is 2.83 bits per heavy atom. The molecular formula is C16H19FN4OS. The minimum absolute atomic E-state index is 0.110. The van der Waals surface area contributed by atoms with Crippen LogP contribution in [0.15, 0.2) is 24.3 Å². The molecule has 0 spiro atoms. The van der Waals surface area contributed by atoms with E-state index in [2.05, 4.69) is 20.4 Å². The van der Waals surface area contributed by atoms with Crippen LogP contribution in [0.3, 0.4) is 0 Å². The smallest absolute Gasteiger partial charge is 0.238 e. The normalized spacial score (nSPS) is 16.4. The van der Waals surface area contributed by atoms with Crippen LogP contribution in [-0.4, -0.2) is 40.6 Å². The number of aromatic nitrogens is 2. The molecule has 122 valence electrons. The third kappa shape index (κ3) is 4.33. The van der Waals surface area contributed by atoms with Gasteiger partial charge in [-0.25, -0.2) is 4.39 Å². The maximum atomic E-state index is 13.1. The van der Waals surface area contributed by atoms with E-state index in [4.69, 9.17) is 0 Å². The molecule has 7 heteroatoms. The number of hydrogen-bond acceptors (Lipinski definition) is 5. The van der Waals surface area contributed by atoms with Gasteiger partial charge in [0.1, 0.15) is 15.8 Å². The summed E-state index contributed by atoms with van der Waals surface area (Å²) >= 11 is 1.66. The predicted molar refractivity (Wildman–Crippen MR) is 88.1 cm³/mol. The molecule has 2 heterocycles. The lowest BCUT2D eigenvalue weighted by atomic mass is 9.98. The lowest BCUT2D eigenvalue weighted by Gasteiger charge is -2.30. The van der Waals surface area contributed by atoms with E-state index in [1.54, 1.807) is 23.5 Å². The predicted octanol–water partition coefficient (Wildman–Crippen LogP) is 2.80. The van der Waals surface area contributed by atoms with Crippen molar-refractivity contribution in [1.29, 1.82) is 0 Å². The first-order valence-electron chi connectivity index (χ1n) is 7.68. The Morgan fingerprint density at radius 2 is 2.17 bits per heavy atom. The third-order valence-electron chi connectivity index (χ3n) is 3.95. The highest BCUT2D eigenvalue weighted by Crippen LogP contribution is 2.29. The second-order valence-corrected chi connectivity index (χ2v) is 6.98. The summed E-state index contributed by atoms with van der Waals surface area (Å²) in [5, 5.41) is 13.1. The van der Waals surface area contributed by atoms with E-state index in [0.717, 1.165) is 35.9 Å². The van der Waals surface area contributed by atoms with E-state index in [0.29, 0.717) is 18.2 Å². The molecular weight excluding hydrogens is 315 g/mol. The first kappa shape index (κ1) is 16.0. The summed E-state index contributed by atoms with van der Waals surface area (Å²) in [5.41, 5.74) is 0.495. The van der Waals surface area contributed by atoms with Crippen molar-refractivity contribution in [2.45, 2.75) is 25.7 Å². The summed E-state index contributed by atoms with van der Waals surface area (Å²) in [6.45, 7) is 4.02. The quantitative estimate of drug-likeness (QED) is 0.934. The van der Waals surface area contributed by atoms with E-state index in [-0.39, 0.29) is 11.7 Å². The topological polar surface area (TPSA) is 58.1 Å². The molecule has 0 unspecified atom stereocenters. The summed E-state index contributed by atoms with van der Waals surface area (Å²) in [6.07, 6.45) is 1.98. The largest absolute Gasteiger partial charge is 0.325 e. The standard InChI is InChI=1S/C16H19FN4OS/c1-11-19-20-16(23-11)12-5-7-21(8-6-12)10-15(22)18-14-4-2-3-13(17)9-14/h2-4,9,12H,5-8,10H2,1H3,(H,18,22). The summed E-state index contributed by atoms with van der Waals surface area (Å²) < 4.78 is 13.1. The maximum absolute atomic E-state index is 13.1. The number of amides is 1. The van der Waals surface area contributed by atoms with Gasteiger partial charge in [0, 0.05) is 11.6 Å². The highest BCUT2D eigenvalue weighted by Gasteiger charge is 2.24. The lowest BCUT2D eigenvalue weighted by Crippen LogP contribution is -2.38. The van der Waals surface area contributed by atoms with Crippen molar-refractivity contribution in [3.05, 3.63) is 40.1 Å². The van der Waals surface area contributed by atoms with E-state index < -0.39 is 0 Å². The first-order chi connectivity index (χ1) is 11.1. The fourth-order valence-electron chi connectivity index (χ4n) is 2.78. The van der Waals surface area contributed by atoms with E-state index in [1.807, 2.05) is 6.92 Å². The van der Waals surface area contributed by atoms with Gasteiger partial charge in [-0.05, 0) is 51.1 Å². The van der Waals surface area contributed by atoms with Gasteiger partial charge >= 0.3 is 0 Å². The van der Waals surface area contributed by atoms with Gasteiger partial charge in [-0.2, -0.15) is 0 Å². The van der Waals surface area contributed by atoms with Gasteiger partial charge in [-0.3, -0.25) is 9.69 Å². The summed E-state index contributed by atoms with van der Waals surface area (Å²) in [7, 11) is 0. The Bertz CT molecular complexity index is 682. The number of nitrogens with zero attached hydrogens (tertiary/aromatic N) is 3. The SMILES string of the molecule is Cc1nnc(C2CCN(CC(=O)Nc3cccc(F)c3)CC2)s1. The molecule has 0 bridgehead atoms. The minimum atomic E-state index is -0.351. The van der Waals surface area contributed by atoms with Gasteiger partial charge in [-0.1, -0.05) is 6.07 Å². The van der Waals surface area contributed by atoms with Crippen LogP contribution in [0.5, 0.6) is 0 Å². The second kappa shape index (κ2) is 7.14. The molecule has 0 atom stereocenters. The number of carbonyl (C=O) groups is 1. The van der Waals surface area contributed by atoms with Gasteiger partial charge in [-0.15, -0.1) is 21.5 Å². The molecule has 1 amide bonds. The van der Waals surface area contributed by atoms with Crippen molar-refractivity contribution in [3.63, 3.8) is 0 Å². The van der Waals surface area contributed by atoms with Crippen molar-refractivity contribution >= 4 is 22.9 Å². The average molecular weight is 334 g/mol. The summed E-state index contributed by atoms with van der Waals surface area (Å²) in [4.78, 5) is 14.2. The van der Waals surface area contributed by atoms with Crippen molar-refractivity contribution in [1.82, 2.24) is 15.1 Å². The number of benzene rings is 1. The molecule has 3 rings (SSSR count). The number of rotatable bonds is 4. The van der Waals surface area contributed by atoms with E-state index in [9.17, 15) is 9.18 Å². The fourth-order valence-corrected chi connectivity index (χ4v) is 3.65. The van der Waals surface area contributed by atoms with Crippen LogP contribution in [0.4, 0.5) is 10.1 Å². The zero-order valence-electron chi connectivity index (χ0n) is 13.0. The molecule has 1 aliphatic rings. The van der Waals surface area contributed by atoms with Crippen LogP contribution in [0, 0.1) is 12.7 Å². The molecule has 2 aromatic rings. The van der Waals surface area contributed by atoms with Crippen LogP contribution >= 0.6 is 11.3 Å². The molecule has 1 saturated heterocycles. The number of carbonyl (C=O) groups excluding carboxylic acids is 1. The van der Waals surface area contributed by atoms with Gasteiger partial charge < -0.3 is 5.32 Å². The van der Waals surface area contributed by atoms with E-state index >= 15 is 0 Å². The van der Waals surface area contributed by atoms with Crippen LogP contribution in [-0.2, 0) is 4.79 Å². The number of likely N-dealkylation sites (tertiary alicyclic amines) is 1. The van der Waals surface area contributed by atoms with Gasteiger partial charge in [0.15, 0.2) is 0 Å². The first-order valence-corrected chi connectivity index (χ1v) is 8.49. The Morgan fingerprint density at radius 1 is 1.39 bits per heavy atom. The van der Waals surface area contributed by atoms with Crippen LogP contribution in [0.1, 0.15) is 28.8 Å². The van der Waals surface area contributed by atoms with Crippen LogP contribution in [0.25, 0.3) is 0 Å². The average Bonchev–Trinajstić information content (AvgIpc) is 2.94. The monoisotopic (exact) mass is 334 g/mol. The number of halogens is 1. The Balaban J connectivity index is 1.47. The van der Waals surface area contributed by atoms with Gasteiger partial charge in [0.2, 0.25) is 5.91 Å². The molecule has 23 heavy (non-hydrogen) atoms. The molecule has 1 fully saturated rings. The highest BCUT2D eigenvalue weighted by atomic mass is 32.1. The highest BCUT2D eigenvalue weighted by molar-refractivity contribution is 7.11. The van der Waals surface area contributed by atoms with Crippen molar-refractivity contribution in [2.24, 2.45) is 0 Å². The minimum Gasteiger partial charge on any atom is -0.325 e. The molecule has 1 aliphatic heterocycles. The number of hydrogen-bond donors (Lipinski definition) is 1. The third-order valence-corrected chi connectivity index (χ3v) is 4.96. The molecule has 1 N–H and O–H groups in total. The van der Waals surface area contributed by atoms with Crippen molar-refractivity contribution in [2.75, 3.05) is 25.0 Å². The summed E-state index contributed by atoms with van der Waals surface area (Å²) in [5.74, 6) is -0.0134. The lowest BCUT2D eigenvalue weighted by molar-refractivity contribution is -0.117. The Kier molecular flexibility index (Phi) is 4.97. The summed E-state index contributed by atoms with van der Waals surface area (Å²) in [6, 6.07) is 5.95. The Labute approximate surface area is 138 Å². The molecule has 0 radical (unpaired) electrons. The Hall–Kier alpha value is -1.86. The number of anilines is 1. The van der Waals surface area contributed by atoms with Crippen LogP contribution in [0.2, 0.25) is 0 Å². The molecule has 0 saturated carbocycles. The van der Waals surface area contributed by atoms with Crippen molar-refractivity contribution < 1.29 is 9.18 Å². The molecule has 5 nitrogen and oxygen atoms in total. The number of nitrogens with one attached hydrogen (secondary N) is 1. The van der Waals surface area contributed by atoms with Crippen LogP contribution < -0.4 is 5.32 Å². The maximum Gasteiger partial charge on any atom is 0.238 e. The fraction of sp³-hybridized carbons (Fsp3) is 0.438. The van der Waals surface area contributed by atoms with Gasteiger partial charge in [0.05, 0.1) is 6.54 Å². The van der Waals surface area contributed by atoms with Crippen molar-refractivity contribution in [3.8, 4) is 0 Å². The molecule has 1 aromatic heterocycles. The van der Waals surface area contributed by atoms with E-state index in [1.165, 1.54) is 12.1 Å². The molecule has 0 aliphatic carbocycles. The zero-order chi connectivity index (χ0) is 16.2. The zero-order valence-corrected chi connectivity index (χ0v) is 13.8.